The number of aromatic nitrogens is 1. The molecule has 2 fully saturated rings. The zero-order valence-corrected chi connectivity index (χ0v) is 15.2. The number of rotatable bonds is 4. The maximum atomic E-state index is 14.9. The Morgan fingerprint density at radius 1 is 1.44 bits per heavy atom. The molecule has 0 spiro atoms. The number of halogens is 2. The molecule has 27 heavy (non-hydrogen) atoms. The average Bonchev–Trinajstić information content (AvgIpc) is 3.38. The molecule has 1 saturated carbocycles. The predicted octanol–water partition coefficient (Wildman–Crippen LogP) is 1.73. The van der Waals surface area contributed by atoms with Crippen molar-refractivity contribution in [1.29, 1.82) is 0 Å². The van der Waals surface area contributed by atoms with Crippen LogP contribution in [0.25, 0.3) is 10.9 Å². The summed E-state index contributed by atoms with van der Waals surface area (Å²) in [5, 5.41) is 19.7. The van der Waals surface area contributed by atoms with E-state index in [1.807, 2.05) is 0 Å². The summed E-state index contributed by atoms with van der Waals surface area (Å²) in [7, 11) is 0. The predicted molar refractivity (Wildman–Crippen MR) is 99.2 cm³/mol. The first-order valence-electron chi connectivity index (χ1n) is 8.73. The zero-order valence-electron chi connectivity index (χ0n) is 14.4. The summed E-state index contributed by atoms with van der Waals surface area (Å²) < 4.78 is 16.6. The number of aliphatic hydroxyl groups is 1. The first kappa shape index (κ1) is 18.2. The standard InChI is InChI=1S/C18H19ClFN3O4/c19-13-14-10(16(24)11(17(25)26)6-23(14)9-1-2-9)5-12(20)15(13)22-4-3-18(27,7-21)8-22/h5-6,9,27H,1-4,7-8,21H2,(H,25,26). The van der Waals surface area contributed by atoms with Gasteiger partial charge in [0.05, 0.1) is 27.2 Å². The minimum absolute atomic E-state index is 0.0292. The van der Waals surface area contributed by atoms with Crippen LogP contribution in [0.2, 0.25) is 5.02 Å². The first-order valence-corrected chi connectivity index (χ1v) is 9.11. The molecule has 1 aliphatic carbocycles. The molecular weight excluding hydrogens is 377 g/mol. The fourth-order valence-electron chi connectivity index (χ4n) is 3.73. The van der Waals surface area contributed by atoms with Gasteiger partial charge in [-0.05, 0) is 25.3 Å². The van der Waals surface area contributed by atoms with Gasteiger partial charge in [-0.1, -0.05) is 11.6 Å². The van der Waals surface area contributed by atoms with E-state index in [-0.39, 0.29) is 35.2 Å². The van der Waals surface area contributed by atoms with Crippen LogP contribution in [0.1, 0.15) is 35.7 Å². The molecule has 1 atom stereocenters. The number of nitrogens with zero attached hydrogens (tertiary/aromatic N) is 2. The maximum Gasteiger partial charge on any atom is 0.341 e. The number of nitrogens with two attached hydrogens (primary N) is 1. The molecular formula is C18H19ClFN3O4. The Bertz CT molecular complexity index is 1020. The monoisotopic (exact) mass is 395 g/mol. The molecule has 1 unspecified atom stereocenters. The van der Waals surface area contributed by atoms with E-state index in [4.69, 9.17) is 17.3 Å². The average molecular weight is 396 g/mol. The highest BCUT2D eigenvalue weighted by molar-refractivity contribution is 6.38. The molecule has 1 aromatic heterocycles. The molecule has 4 N–H and O–H groups in total. The van der Waals surface area contributed by atoms with Crippen LogP contribution < -0.4 is 16.1 Å². The van der Waals surface area contributed by atoms with Crippen molar-refractivity contribution >= 4 is 34.2 Å². The normalized spacial score (nSPS) is 22.6. The molecule has 0 radical (unpaired) electrons. The Labute approximate surface area is 158 Å². The Balaban J connectivity index is 1.96. The van der Waals surface area contributed by atoms with Crippen LogP contribution in [0, 0.1) is 5.82 Å². The van der Waals surface area contributed by atoms with E-state index in [0.29, 0.717) is 18.5 Å². The minimum atomic E-state index is -1.36. The number of aromatic carboxylic acids is 1. The second kappa shape index (κ2) is 6.19. The van der Waals surface area contributed by atoms with Crippen LogP contribution in [0.5, 0.6) is 0 Å². The van der Waals surface area contributed by atoms with E-state index in [9.17, 15) is 24.2 Å². The molecule has 0 amide bonds. The second-order valence-corrected chi connectivity index (χ2v) is 7.71. The lowest BCUT2D eigenvalue weighted by molar-refractivity contribution is 0.0693. The van der Waals surface area contributed by atoms with Gasteiger partial charge in [0, 0.05) is 31.9 Å². The van der Waals surface area contributed by atoms with Gasteiger partial charge in [-0.3, -0.25) is 4.79 Å². The van der Waals surface area contributed by atoms with E-state index in [1.165, 1.54) is 6.20 Å². The van der Waals surface area contributed by atoms with Crippen molar-refractivity contribution in [2.75, 3.05) is 24.5 Å². The number of fused-ring (bicyclic) bond motifs is 1. The summed E-state index contributed by atoms with van der Waals surface area (Å²) in [6.45, 7) is 0.550. The lowest BCUT2D eigenvalue weighted by Gasteiger charge is -2.25. The van der Waals surface area contributed by atoms with Gasteiger partial charge in [0.25, 0.3) is 0 Å². The summed E-state index contributed by atoms with van der Waals surface area (Å²) in [5.41, 5.74) is 3.75. The van der Waals surface area contributed by atoms with Gasteiger partial charge in [-0.2, -0.15) is 0 Å². The van der Waals surface area contributed by atoms with Crippen molar-refractivity contribution in [1.82, 2.24) is 4.57 Å². The fourth-order valence-corrected chi connectivity index (χ4v) is 4.14. The largest absolute Gasteiger partial charge is 0.477 e. The molecule has 4 rings (SSSR count). The van der Waals surface area contributed by atoms with Crippen molar-refractivity contribution in [3.8, 4) is 0 Å². The SMILES string of the molecule is NCC1(O)CCN(c2c(F)cc3c(=O)c(C(=O)O)cn(C4CC4)c3c2Cl)C1. The quantitative estimate of drug-likeness (QED) is 0.727. The molecule has 144 valence electrons. The summed E-state index contributed by atoms with van der Waals surface area (Å²) in [4.78, 5) is 25.6. The number of carboxylic acids is 1. The van der Waals surface area contributed by atoms with E-state index in [1.54, 1.807) is 9.47 Å². The van der Waals surface area contributed by atoms with Crippen LogP contribution in [0.4, 0.5) is 10.1 Å². The van der Waals surface area contributed by atoms with Crippen molar-refractivity contribution in [2.45, 2.75) is 30.9 Å². The molecule has 2 aliphatic rings. The Kier molecular flexibility index (Phi) is 4.17. The first-order chi connectivity index (χ1) is 12.8. The van der Waals surface area contributed by atoms with Gasteiger partial charge in [-0.25, -0.2) is 9.18 Å². The van der Waals surface area contributed by atoms with Crippen LogP contribution in [0.15, 0.2) is 17.1 Å². The van der Waals surface area contributed by atoms with Gasteiger partial charge < -0.3 is 25.4 Å². The smallest absolute Gasteiger partial charge is 0.341 e. The van der Waals surface area contributed by atoms with Gasteiger partial charge in [0.1, 0.15) is 11.4 Å². The fraction of sp³-hybridized carbons (Fsp3) is 0.444. The summed E-state index contributed by atoms with van der Waals surface area (Å²) in [6, 6.07) is 1.07. The number of β-amino-alcohol motifs (C(OH)–C–C–N with tert-alkyl or cyclic N) is 1. The number of anilines is 1. The third kappa shape index (κ3) is 2.88. The number of carbonyl (C=O) groups is 1. The number of hydrogen-bond acceptors (Lipinski definition) is 5. The highest BCUT2D eigenvalue weighted by Gasteiger charge is 2.38. The maximum absolute atomic E-state index is 14.9. The molecule has 2 heterocycles. The summed E-state index contributed by atoms with van der Waals surface area (Å²) in [5.74, 6) is -2.08. The molecule has 0 bridgehead atoms. The van der Waals surface area contributed by atoms with E-state index >= 15 is 0 Å². The molecule has 1 aliphatic heterocycles. The highest BCUT2D eigenvalue weighted by atomic mass is 35.5. The Hall–Kier alpha value is -2.16. The van der Waals surface area contributed by atoms with Crippen molar-refractivity contribution in [3.05, 3.63) is 38.9 Å². The molecule has 9 heteroatoms. The number of pyridine rings is 1. The van der Waals surface area contributed by atoms with Gasteiger partial charge in [0.2, 0.25) is 5.43 Å². The molecule has 2 aromatic rings. The minimum Gasteiger partial charge on any atom is -0.477 e. The third-order valence-electron chi connectivity index (χ3n) is 5.38. The Morgan fingerprint density at radius 2 is 2.15 bits per heavy atom. The van der Waals surface area contributed by atoms with Crippen LogP contribution >= 0.6 is 11.6 Å². The van der Waals surface area contributed by atoms with Crippen LogP contribution in [0.3, 0.4) is 0 Å². The number of hydrogen-bond donors (Lipinski definition) is 3. The topological polar surface area (TPSA) is 109 Å². The van der Waals surface area contributed by atoms with E-state index in [2.05, 4.69) is 0 Å². The third-order valence-corrected chi connectivity index (χ3v) is 5.74. The van der Waals surface area contributed by atoms with E-state index in [0.717, 1.165) is 18.9 Å². The molecule has 1 saturated heterocycles. The van der Waals surface area contributed by atoms with Crippen molar-refractivity contribution in [3.63, 3.8) is 0 Å². The van der Waals surface area contributed by atoms with Gasteiger partial charge >= 0.3 is 5.97 Å². The molecule has 1 aromatic carbocycles. The van der Waals surface area contributed by atoms with Gasteiger partial charge in [0.15, 0.2) is 0 Å². The van der Waals surface area contributed by atoms with Gasteiger partial charge in [-0.15, -0.1) is 0 Å². The lowest BCUT2D eigenvalue weighted by Crippen LogP contribution is -2.40. The van der Waals surface area contributed by atoms with Crippen molar-refractivity contribution < 1.29 is 19.4 Å². The second-order valence-electron chi connectivity index (χ2n) is 7.33. The van der Waals surface area contributed by atoms with Crippen LogP contribution in [-0.4, -0.2) is 46.0 Å². The molecule has 7 nitrogen and oxygen atoms in total. The summed E-state index contributed by atoms with van der Waals surface area (Å²) in [6.07, 6.45) is 3.33. The zero-order chi connectivity index (χ0) is 19.5. The lowest BCUT2D eigenvalue weighted by atomic mass is 10.0. The number of carboxylic acid groups (broad SMARTS) is 1. The Morgan fingerprint density at radius 3 is 2.70 bits per heavy atom. The van der Waals surface area contributed by atoms with Crippen LogP contribution in [-0.2, 0) is 0 Å². The number of benzene rings is 1. The van der Waals surface area contributed by atoms with Crippen molar-refractivity contribution in [2.24, 2.45) is 5.73 Å². The highest BCUT2D eigenvalue weighted by Crippen LogP contribution is 2.43. The van der Waals surface area contributed by atoms with E-state index < -0.39 is 28.4 Å². The summed E-state index contributed by atoms with van der Waals surface area (Å²) >= 11 is 6.54.